The maximum absolute atomic E-state index is 5.60. The molecule has 0 fully saturated rings. The van der Waals surface area contributed by atoms with Gasteiger partial charge in [-0.05, 0) is 24.1 Å². The highest BCUT2D eigenvalue weighted by molar-refractivity contribution is 6.17. The van der Waals surface area contributed by atoms with Crippen LogP contribution in [-0.2, 0) is 12.8 Å². The summed E-state index contributed by atoms with van der Waals surface area (Å²) in [6.07, 6.45) is 1.44. The van der Waals surface area contributed by atoms with E-state index in [9.17, 15) is 0 Å². The van der Waals surface area contributed by atoms with Crippen LogP contribution in [0.2, 0.25) is 0 Å². The van der Waals surface area contributed by atoms with Crippen molar-refractivity contribution in [2.75, 3.05) is 24.9 Å². The third-order valence-corrected chi connectivity index (χ3v) is 2.79. The predicted octanol–water partition coefficient (Wildman–Crippen LogP) is 2.51. The monoisotopic (exact) mass is 281 g/mol. The Balaban J connectivity index is 1.81. The zero-order valence-corrected chi connectivity index (χ0v) is 11.5. The van der Waals surface area contributed by atoms with E-state index in [-0.39, 0.29) is 0 Å². The number of alkyl halides is 1. The number of halogens is 1. The molecule has 0 amide bonds. The zero-order chi connectivity index (χ0) is 13.5. The quantitative estimate of drug-likeness (QED) is 0.790. The van der Waals surface area contributed by atoms with Crippen LogP contribution in [-0.4, -0.2) is 29.7 Å². The van der Waals surface area contributed by atoms with Crippen LogP contribution in [0.5, 0.6) is 5.75 Å². The number of nitrogens with zero attached hydrogens (tertiary/aromatic N) is 2. The SMILES string of the molecule is COc1cccc(CCNc2nnc(CCCl)o2)c1. The maximum Gasteiger partial charge on any atom is 0.315 e. The van der Waals surface area contributed by atoms with Gasteiger partial charge in [-0.3, -0.25) is 0 Å². The number of anilines is 1. The second-order valence-electron chi connectivity index (χ2n) is 3.97. The molecule has 2 aromatic rings. The molecule has 6 heteroatoms. The summed E-state index contributed by atoms with van der Waals surface area (Å²) >= 11 is 5.60. The molecule has 5 nitrogen and oxygen atoms in total. The molecule has 0 saturated heterocycles. The number of hydrogen-bond acceptors (Lipinski definition) is 5. The highest BCUT2D eigenvalue weighted by atomic mass is 35.5. The number of methoxy groups -OCH3 is 1. The molecule has 0 atom stereocenters. The lowest BCUT2D eigenvalue weighted by molar-refractivity contribution is 0.414. The van der Waals surface area contributed by atoms with E-state index in [2.05, 4.69) is 21.6 Å². The van der Waals surface area contributed by atoms with Crippen LogP contribution in [0.4, 0.5) is 6.01 Å². The van der Waals surface area contributed by atoms with Gasteiger partial charge in [-0.1, -0.05) is 17.2 Å². The van der Waals surface area contributed by atoms with Gasteiger partial charge in [0.05, 0.1) is 7.11 Å². The summed E-state index contributed by atoms with van der Waals surface area (Å²) in [4.78, 5) is 0. The minimum absolute atomic E-state index is 0.433. The molecular formula is C13H16ClN3O2. The van der Waals surface area contributed by atoms with Crippen LogP contribution in [0, 0.1) is 0 Å². The van der Waals surface area contributed by atoms with E-state index in [1.54, 1.807) is 7.11 Å². The molecule has 19 heavy (non-hydrogen) atoms. The number of aryl methyl sites for hydroxylation is 1. The Morgan fingerprint density at radius 3 is 3.00 bits per heavy atom. The Morgan fingerprint density at radius 1 is 1.32 bits per heavy atom. The van der Waals surface area contributed by atoms with Crippen molar-refractivity contribution in [3.8, 4) is 5.75 Å². The van der Waals surface area contributed by atoms with Crippen LogP contribution < -0.4 is 10.1 Å². The average molecular weight is 282 g/mol. The van der Waals surface area contributed by atoms with E-state index >= 15 is 0 Å². The van der Waals surface area contributed by atoms with Crippen LogP contribution in [0.15, 0.2) is 28.7 Å². The van der Waals surface area contributed by atoms with E-state index in [4.69, 9.17) is 20.8 Å². The molecule has 0 aliphatic rings. The summed E-state index contributed by atoms with van der Waals surface area (Å²) in [7, 11) is 1.66. The minimum atomic E-state index is 0.433. The van der Waals surface area contributed by atoms with Gasteiger partial charge in [-0.2, -0.15) is 0 Å². The van der Waals surface area contributed by atoms with E-state index in [0.717, 1.165) is 18.7 Å². The maximum atomic E-state index is 5.60. The molecule has 0 saturated carbocycles. The van der Waals surface area contributed by atoms with E-state index in [1.165, 1.54) is 5.56 Å². The van der Waals surface area contributed by atoms with Gasteiger partial charge >= 0.3 is 6.01 Å². The molecule has 1 aromatic heterocycles. The first-order chi connectivity index (χ1) is 9.31. The topological polar surface area (TPSA) is 60.2 Å². The van der Waals surface area contributed by atoms with Crippen molar-refractivity contribution >= 4 is 17.6 Å². The van der Waals surface area contributed by atoms with Crippen molar-refractivity contribution < 1.29 is 9.15 Å². The fourth-order valence-corrected chi connectivity index (χ4v) is 1.81. The van der Waals surface area contributed by atoms with Gasteiger partial charge < -0.3 is 14.5 Å². The molecule has 0 aliphatic carbocycles. The Bertz CT molecular complexity index is 516. The highest BCUT2D eigenvalue weighted by Crippen LogP contribution is 2.13. The number of rotatable bonds is 7. The number of benzene rings is 1. The Hall–Kier alpha value is -1.75. The molecule has 1 N–H and O–H groups in total. The van der Waals surface area contributed by atoms with Crippen molar-refractivity contribution in [1.29, 1.82) is 0 Å². The molecule has 0 bridgehead atoms. The van der Waals surface area contributed by atoms with Crippen molar-refractivity contribution in [1.82, 2.24) is 10.2 Å². The lowest BCUT2D eigenvalue weighted by Crippen LogP contribution is -2.05. The molecule has 2 rings (SSSR count). The van der Waals surface area contributed by atoms with Crippen molar-refractivity contribution in [2.24, 2.45) is 0 Å². The Kier molecular flexibility index (Phi) is 5.03. The minimum Gasteiger partial charge on any atom is -0.497 e. The Labute approximate surface area is 116 Å². The van der Waals surface area contributed by atoms with Crippen molar-refractivity contribution in [3.63, 3.8) is 0 Å². The van der Waals surface area contributed by atoms with Gasteiger partial charge in [-0.15, -0.1) is 16.7 Å². The van der Waals surface area contributed by atoms with E-state index in [0.29, 0.717) is 24.2 Å². The molecule has 0 aliphatic heterocycles. The first kappa shape index (κ1) is 13.7. The van der Waals surface area contributed by atoms with Crippen molar-refractivity contribution in [3.05, 3.63) is 35.7 Å². The van der Waals surface area contributed by atoms with Crippen LogP contribution in [0.1, 0.15) is 11.5 Å². The fraction of sp³-hybridized carbons (Fsp3) is 0.385. The largest absolute Gasteiger partial charge is 0.497 e. The predicted molar refractivity (Wildman–Crippen MR) is 73.9 cm³/mol. The first-order valence-corrected chi connectivity index (χ1v) is 6.60. The second-order valence-corrected chi connectivity index (χ2v) is 4.35. The van der Waals surface area contributed by atoms with Gasteiger partial charge in [-0.25, -0.2) is 0 Å². The van der Waals surface area contributed by atoms with Crippen LogP contribution in [0.25, 0.3) is 0 Å². The zero-order valence-electron chi connectivity index (χ0n) is 10.7. The smallest absolute Gasteiger partial charge is 0.315 e. The highest BCUT2D eigenvalue weighted by Gasteiger charge is 2.04. The second kappa shape index (κ2) is 6.99. The van der Waals surface area contributed by atoms with E-state index < -0.39 is 0 Å². The fourth-order valence-electron chi connectivity index (χ4n) is 1.65. The van der Waals surface area contributed by atoms with Crippen LogP contribution >= 0.6 is 11.6 Å². The number of nitrogens with one attached hydrogen (secondary N) is 1. The molecule has 0 spiro atoms. The summed E-state index contributed by atoms with van der Waals surface area (Å²) in [5, 5.41) is 10.8. The molecular weight excluding hydrogens is 266 g/mol. The van der Waals surface area contributed by atoms with Crippen LogP contribution in [0.3, 0.4) is 0 Å². The third kappa shape index (κ3) is 4.13. The molecule has 0 radical (unpaired) electrons. The molecule has 0 unspecified atom stereocenters. The van der Waals surface area contributed by atoms with Gasteiger partial charge in [0.2, 0.25) is 5.89 Å². The number of aromatic nitrogens is 2. The third-order valence-electron chi connectivity index (χ3n) is 2.60. The van der Waals surface area contributed by atoms with Crippen molar-refractivity contribution in [2.45, 2.75) is 12.8 Å². The number of ether oxygens (including phenoxy) is 1. The molecule has 1 heterocycles. The summed E-state index contributed by atoms with van der Waals surface area (Å²) < 4.78 is 10.5. The molecule has 102 valence electrons. The van der Waals surface area contributed by atoms with Gasteiger partial charge in [0.15, 0.2) is 0 Å². The first-order valence-electron chi connectivity index (χ1n) is 6.07. The molecule has 1 aromatic carbocycles. The lowest BCUT2D eigenvalue weighted by atomic mass is 10.1. The summed E-state index contributed by atoms with van der Waals surface area (Å²) in [5.41, 5.74) is 1.19. The lowest BCUT2D eigenvalue weighted by Gasteiger charge is -2.04. The summed E-state index contributed by atoms with van der Waals surface area (Å²) in [5.74, 6) is 1.89. The normalized spacial score (nSPS) is 10.4. The average Bonchev–Trinajstić information content (AvgIpc) is 2.87. The number of hydrogen-bond donors (Lipinski definition) is 1. The van der Waals surface area contributed by atoms with Gasteiger partial charge in [0, 0.05) is 18.8 Å². The summed E-state index contributed by atoms with van der Waals surface area (Å²) in [6, 6.07) is 8.39. The van der Waals surface area contributed by atoms with E-state index in [1.807, 2.05) is 18.2 Å². The standard InChI is InChI=1S/C13H16ClN3O2/c1-18-11-4-2-3-10(9-11)6-8-15-13-17-16-12(19-13)5-7-14/h2-4,9H,5-8H2,1H3,(H,15,17). The Morgan fingerprint density at radius 2 is 2.21 bits per heavy atom. The van der Waals surface area contributed by atoms with Gasteiger partial charge in [0.25, 0.3) is 0 Å². The van der Waals surface area contributed by atoms with Gasteiger partial charge in [0.1, 0.15) is 5.75 Å². The summed E-state index contributed by atoms with van der Waals surface area (Å²) in [6.45, 7) is 0.718.